The summed E-state index contributed by atoms with van der Waals surface area (Å²) in [4.78, 5) is 0. The van der Waals surface area contributed by atoms with Gasteiger partial charge in [-0.3, -0.25) is 0 Å². The van der Waals surface area contributed by atoms with Crippen LogP contribution in [0, 0.1) is 144 Å². The first-order valence-corrected chi connectivity index (χ1v) is 31.4. The predicted octanol–water partition coefficient (Wildman–Crippen LogP) is 23.8. The Kier molecular flexibility index (Phi) is 32.5. The molecule has 9 aromatic heterocycles. The van der Waals surface area contributed by atoms with Crippen LogP contribution < -0.4 is 0 Å². The Morgan fingerprint density at radius 2 is 0.598 bits per heavy atom. The standard InChI is InChI=1S/2C10H17N.3C9H14O.C8H11FO.C8H13N.2C7H10O/c1-7(2)10-6-11(5)9(4)8(10)3;1-7(2)10-9(4)8(3)6-11(10)5;2*1-6(2)9-5-10-8(4)7(9)3;1-6(2)9-8(4)7(3)5-10-9;1-5(2)8-6(3)7(9)4-10-8;1-6-5-9(4)8(3)7(6)2;2*1-5-4-8-7(3)6(5)2/h2*6-7H,1-5H3;3*5-6H,1-4H3;4-5H,1-3H3;5H,1-4H3;2*4H,1-3H3. The second-order valence-electron chi connectivity index (χ2n) is 25.8. The summed E-state index contributed by atoms with van der Waals surface area (Å²) in [5, 5.41) is 0. The van der Waals surface area contributed by atoms with Gasteiger partial charge in [-0.05, 0) is 251 Å². The van der Waals surface area contributed by atoms with Crippen LogP contribution in [0.3, 0.4) is 0 Å². The van der Waals surface area contributed by atoms with Crippen molar-refractivity contribution in [1.82, 2.24) is 13.7 Å². The summed E-state index contributed by atoms with van der Waals surface area (Å²) in [6.45, 7) is 67.4. The smallest absolute Gasteiger partial charge is 0.164 e. The molecule has 0 radical (unpaired) electrons. The first-order valence-electron chi connectivity index (χ1n) is 31.4. The Labute approximate surface area is 528 Å². The molecule has 9 nitrogen and oxygen atoms in total. The molecule has 0 bridgehead atoms. The van der Waals surface area contributed by atoms with Crippen LogP contribution in [-0.2, 0) is 21.1 Å². The van der Waals surface area contributed by atoms with E-state index >= 15 is 0 Å². The highest BCUT2D eigenvalue weighted by Gasteiger charge is 2.14. The summed E-state index contributed by atoms with van der Waals surface area (Å²) in [6.07, 6.45) is 16.8. The summed E-state index contributed by atoms with van der Waals surface area (Å²) < 4.78 is 50.2. The molecule has 0 aliphatic rings. The second kappa shape index (κ2) is 36.1. The molecular formula is C77H120FN3O6. The topological polar surface area (TPSA) is 93.6 Å². The van der Waals surface area contributed by atoms with Crippen molar-refractivity contribution >= 4 is 0 Å². The number of hydrogen-bond acceptors (Lipinski definition) is 6. The van der Waals surface area contributed by atoms with Gasteiger partial charge in [-0.1, -0.05) is 83.1 Å². The Bertz CT molecular complexity index is 3130. The van der Waals surface area contributed by atoms with E-state index in [1.807, 2.05) is 74.2 Å². The first-order chi connectivity index (χ1) is 40.1. The van der Waals surface area contributed by atoms with E-state index in [0.29, 0.717) is 35.2 Å². The van der Waals surface area contributed by atoms with Crippen molar-refractivity contribution in [2.45, 2.75) is 257 Å². The highest BCUT2D eigenvalue weighted by atomic mass is 19.1. The molecule has 0 N–H and O–H groups in total. The summed E-state index contributed by atoms with van der Waals surface area (Å²) in [5.41, 5.74) is 26.2. The average molecular weight is 1200 g/mol. The Hall–Kier alpha value is -6.55. The summed E-state index contributed by atoms with van der Waals surface area (Å²) >= 11 is 0. The molecule has 10 heteroatoms. The molecule has 0 unspecified atom stereocenters. The van der Waals surface area contributed by atoms with Crippen molar-refractivity contribution in [3.05, 3.63) is 208 Å². The van der Waals surface area contributed by atoms with E-state index < -0.39 is 0 Å². The minimum absolute atomic E-state index is 0.247. The SMILES string of the molecule is Cc1c(C(C)C)cn(C)c1C.Cc1c(F)coc1C(C)C.Cc1cn(C)c(C(C)C)c1C.Cc1cn(C)c(C)c1C.Cc1coc(C(C)C)c1C.Cc1coc(C)c1C.Cc1coc(C)c1C.Cc1occ(C(C)C)c1C.Cc1occ(C(C)C)c1C. The third kappa shape index (κ3) is 23.2. The van der Waals surface area contributed by atoms with Gasteiger partial charge in [-0.25, -0.2) is 4.39 Å². The van der Waals surface area contributed by atoms with Crippen molar-refractivity contribution in [3.8, 4) is 0 Å². The third-order valence-corrected chi connectivity index (χ3v) is 17.1. The van der Waals surface area contributed by atoms with E-state index in [0.717, 1.165) is 40.8 Å². The minimum atomic E-state index is -0.247. The summed E-state index contributed by atoms with van der Waals surface area (Å²) in [7, 11) is 6.30. The maximum atomic E-state index is 12.6. The maximum absolute atomic E-state index is 12.6. The molecule has 0 aliphatic carbocycles. The van der Waals surface area contributed by atoms with E-state index in [9.17, 15) is 4.39 Å². The van der Waals surface area contributed by atoms with Gasteiger partial charge in [-0.15, -0.1) is 0 Å². The lowest BCUT2D eigenvalue weighted by Gasteiger charge is -2.08. The second-order valence-corrected chi connectivity index (χ2v) is 25.8. The molecule has 0 spiro atoms. The zero-order valence-electron chi connectivity index (χ0n) is 61.3. The molecular weight excluding hydrogens is 1080 g/mol. The van der Waals surface area contributed by atoms with Crippen LogP contribution in [0.1, 0.15) is 265 Å². The van der Waals surface area contributed by atoms with E-state index in [-0.39, 0.29) is 11.7 Å². The van der Waals surface area contributed by atoms with Crippen molar-refractivity contribution in [2.24, 2.45) is 21.1 Å². The minimum Gasteiger partial charge on any atom is -0.469 e. The fourth-order valence-corrected chi connectivity index (χ4v) is 9.79. The normalized spacial score (nSPS) is 10.7. The molecule has 0 amide bonds. The first kappa shape index (κ1) is 78.5. The third-order valence-electron chi connectivity index (χ3n) is 17.1. The van der Waals surface area contributed by atoms with Crippen molar-refractivity contribution in [2.75, 3.05) is 0 Å². The lowest BCUT2D eigenvalue weighted by molar-refractivity contribution is 0.474. The van der Waals surface area contributed by atoms with Gasteiger partial charge in [0.2, 0.25) is 0 Å². The zero-order chi connectivity index (χ0) is 67.4. The highest BCUT2D eigenvalue weighted by molar-refractivity contribution is 5.34. The average Bonchev–Trinajstić information content (AvgIpc) is 4.57. The Morgan fingerprint density at radius 3 is 0.736 bits per heavy atom. The fourth-order valence-electron chi connectivity index (χ4n) is 9.79. The van der Waals surface area contributed by atoms with Crippen LogP contribution in [-0.4, -0.2) is 13.7 Å². The number of aryl methyl sites for hydroxylation is 12. The molecule has 0 fully saturated rings. The number of halogens is 1. The number of furan rings is 6. The Morgan fingerprint density at radius 1 is 0.276 bits per heavy atom. The molecule has 9 aromatic rings. The molecule has 0 saturated carbocycles. The van der Waals surface area contributed by atoms with Crippen LogP contribution in [0.15, 0.2) is 82.7 Å². The van der Waals surface area contributed by atoms with Crippen LogP contribution in [0.5, 0.6) is 0 Å². The number of hydrogen-bond donors (Lipinski definition) is 0. The zero-order valence-corrected chi connectivity index (χ0v) is 61.3. The van der Waals surface area contributed by atoms with Crippen LogP contribution in [0.4, 0.5) is 4.39 Å². The fraction of sp³-hybridized carbons (Fsp3) is 0.532. The Balaban J connectivity index is 0.000000490. The van der Waals surface area contributed by atoms with Gasteiger partial charge in [0, 0.05) is 74.2 Å². The van der Waals surface area contributed by atoms with Gasteiger partial charge >= 0.3 is 0 Å². The van der Waals surface area contributed by atoms with Gasteiger partial charge in [0.25, 0.3) is 0 Å². The summed E-state index contributed by atoms with van der Waals surface area (Å²) in [5.74, 6) is 8.99. The lowest BCUT2D eigenvalue weighted by Crippen LogP contribution is -1.98. The van der Waals surface area contributed by atoms with Gasteiger partial charge in [0.1, 0.15) is 40.8 Å². The quantitative estimate of drug-likeness (QED) is 0.165. The monoisotopic (exact) mass is 1200 g/mol. The number of aromatic nitrogens is 3. The lowest BCUT2D eigenvalue weighted by atomic mass is 10.0. The van der Waals surface area contributed by atoms with Crippen LogP contribution in [0.2, 0.25) is 0 Å². The largest absolute Gasteiger partial charge is 0.469 e. The van der Waals surface area contributed by atoms with Gasteiger partial charge in [0.05, 0.1) is 31.3 Å². The molecule has 9 heterocycles. The summed E-state index contributed by atoms with van der Waals surface area (Å²) in [6, 6.07) is 0. The molecule has 486 valence electrons. The molecule has 87 heavy (non-hydrogen) atoms. The highest BCUT2D eigenvalue weighted by Crippen LogP contribution is 2.27. The molecule has 9 rings (SSSR count). The molecule has 0 atom stereocenters. The van der Waals surface area contributed by atoms with E-state index in [1.165, 1.54) is 106 Å². The van der Waals surface area contributed by atoms with Crippen molar-refractivity contribution in [1.29, 1.82) is 0 Å². The van der Waals surface area contributed by atoms with E-state index in [4.69, 9.17) is 26.5 Å². The van der Waals surface area contributed by atoms with Crippen molar-refractivity contribution in [3.63, 3.8) is 0 Å². The molecule has 0 aromatic carbocycles. The molecule has 0 aliphatic heterocycles. The van der Waals surface area contributed by atoms with Gasteiger partial charge in [0.15, 0.2) is 5.82 Å². The van der Waals surface area contributed by atoms with Crippen molar-refractivity contribution < 1.29 is 30.9 Å². The number of rotatable bonds is 6. The van der Waals surface area contributed by atoms with Crippen LogP contribution in [0.25, 0.3) is 0 Å². The number of nitrogens with zero attached hydrogens (tertiary/aromatic N) is 3. The van der Waals surface area contributed by atoms with E-state index in [1.54, 1.807) is 19.5 Å². The molecule has 0 saturated heterocycles. The van der Waals surface area contributed by atoms with Gasteiger partial charge < -0.3 is 40.2 Å². The van der Waals surface area contributed by atoms with Crippen LogP contribution >= 0.6 is 0 Å². The van der Waals surface area contributed by atoms with E-state index in [2.05, 4.69) is 213 Å². The predicted molar refractivity (Wildman–Crippen MR) is 368 cm³/mol. The maximum Gasteiger partial charge on any atom is 0.164 e. The van der Waals surface area contributed by atoms with Gasteiger partial charge in [-0.2, -0.15) is 0 Å².